The molecule has 2 nitrogen and oxygen atoms in total. The van der Waals surface area contributed by atoms with E-state index in [9.17, 15) is 4.79 Å². The van der Waals surface area contributed by atoms with Gasteiger partial charge in [-0.15, -0.1) is 12.6 Å². The highest BCUT2D eigenvalue weighted by atomic mass is 32.1. The molecule has 1 saturated carbocycles. The molecule has 0 spiro atoms. The van der Waals surface area contributed by atoms with Gasteiger partial charge in [-0.1, -0.05) is 26.0 Å². The second-order valence-corrected chi connectivity index (χ2v) is 6.24. The van der Waals surface area contributed by atoms with E-state index in [1.54, 1.807) is 0 Å². The molecule has 1 aliphatic carbocycles. The van der Waals surface area contributed by atoms with Gasteiger partial charge in [0.25, 0.3) is 0 Å². The Labute approximate surface area is 121 Å². The molecule has 0 bridgehead atoms. The van der Waals surface area contributed by atoms with Gasteiger partial charge in [0, 0.05) is 4.90 Å². The molecule has 3 heteroatoms. The zero-order valence-electron chi connectivity index (χ0n) is 11.6. The maximum Gasteiger partial charge on any atom is 0.310 e. The van der Waals surface area contributed by atoms with E-state index in [0.29, 0.717) is 12.3 Å². The van der Waals surface area contributed by atoms with E-state index in [1.165, 1.54) is 0 Å². The summed E-state index contributed by atoms with van der Waals surface area (Å²) < 4.78 is 5.59. The van der Waals surface area contributed by atoms with Crippen LogP contribution < -0.4 is 0 Å². The monoisotopic (exact) mass is 278 g/mol. The van der Waals surface area contributed by atoms with Crippen molar-refractivity contribution in [3.63, 3.8) is 0 Å². The van der Waals surface area contributed by atoms with Crippen LogP contribution in [0.4, 0.5) is 0 Å². The molecule has 19 heavy (non-hydrogen) atoms. The van der Waals surface area contributed by atoms with Crippen molar-refractivity contribution in [2.24, 2.45) is 11.8 Å². The average Bonchev–Trinajstić information content (AvgIpc) is 2.37. The number of benzene rings is 1. The van der Waals surface area contributed by atoms with Gasteiger partial charge in [0.15, 0.2) is 0 Å². The Bertz CT molecular complexity index is 427. The highest BCUT2D eigenvalue weighted by molar-refractivity contribution is 7.80. The first-order valence-corrected chi connectivity index (χ1v) is 7.46. The minimum Gasteiger partial charge on any atom is -0.462 e. The zero-order valence-corrected chi connectivity index (χ0v) is 12.5. The molecule has 0 radical (unpaired) electrons. The van der Waals surface area contributed by atoms with Crippen LogP contribution in [0.2, 0.25) is 0 Å². The van der Waals surface area contributed by atoms with Crippen molar-refractivity contribution in [1.82, 2.24) is 0 Å². The van der Waals surface area contributed by atoms with Crippen LogP contribution in [0.25, 0.3) is 0 Å². The van der Waals surface area contributed by atoms with Crippen molar-refractivity contribution in [3.8, 4) is 0 Å². The van der Waals surface area contributed by atoms with Gasteiger partial charge in [-0.25, -0.2) is 0 Å². The summed E-state index contributed by atoms with van der Waals surface area (Å²) in [6.07, 6.45) is 3.64. The van der Waals surface area contributed by atoms with Crippen LogP contribution in [-0.2, 0) is 16.0 Å². The van der Waals surface area contributed by atoms with Crippen LogP contribution in [0.3, 0.4) is 0 Å². The molecule has 0 heterocycles. The van der Waals surface area contributed by atoms with Crippen molar-refractivity contribution in [3.05, 3.63) is 29.8 Å². The smallest absolute Gasteiger partial charge is 0.310 e. The van der Waals surface area contributed by atoms with Crippen molar-refractivity contribution < 1.29 is 9.53 Å². The van der Waals surface area contributed by atoms with E-state index in [1.807, 2.05) is 24.3 Å². The van der Waals surface area contributed by atoms with Gasteiger partial charge >= 0.3 is 5.97 Å². The van der Waals surface area contributed by atoms with Gasteiger partial charge in [-0.3, -0.25) is 4.79 Å². The number of ether oxygens (including phenoxy) is 1. The lowest BCUT2D eigenvalue weighted by molar-refractivity contribution is -0.151. The predicted octanol–water partition coefficient (Wildman–Crippen LogP) is 3.89. The van der Waals surface area contributed by atoms with Gasteiger partial charge in [0.2, 0.25) is 0 Å². The van der Waals surface area contributed by atoms with Gasteiger partial charge in [-0.2, -0.15) is 0 Å². The molecule has 0 aliphatic heterocycles. The third-order valence-corrected chi connectivity index (χ3v) is 4.43. The molecule has 0 N–H and O–H groups in total. The fraction of sp³-hybridized carbons (Fsp3) is 0.562. The first-order chi connectivity index (χ1) is 9.04. The molecular weight excluding hydrogens is 256 g/mol. The number of esters is 1. The Morgan fingerprint density at radius 2 is 1.89 bits per heavy atom. The maximum absolute atomic E-state index is 11.9. The second kappa shape index (κ2) is 6.47. The minimum atomic E-state index is -0.112. The Morgan fingerprint density at radius 3 is 2.53 bits per heavy atom. The maximum atomic E-state index is 11.9. The molecule has 104 valence electrons. The van der Waals surface area contributed by atoms with E-state index in [0.717, 1.165) is 35.6 Å². The number of carbonyl (C=O) groups excluding carboxylic acids is 1. The van der Waals surface area contributed by atoms with E-state index < -0.39 is 0 Å². The zero-order chi connectivity index (χ0) is 13.8. The number of hydrogen-bond donors (Lipinski definition) is 1. The number of hydrogen-bond acceptors (Lipinski definition) is 3. The molecule has 1 aromatic carbocycles. The molecule has 1 fully saturated rings. The van der Waals surface area contributed by atoms with Gasteiger partial charge in [0.05, 0.1) is 6.42 Å². The van der Waals surface area contributed by atoms with Crippen molar-refractivity contribution in [2.75, 3.05) is 0 Å². The predicted molar refractivity (Wildman–Crippen MR) is 79.5 cm³/mol. The second-order valence-electron chi connectivity index (χ2n) is 5.72. The van der Waals surface area contributed by atoms with Crippen LogP contribution >= 0.6 is 12.6 Å². The molecule has 0 aromatic heterocycles. The summed E-state index contributed by atoms with van der Waals surface area (Å²) in [4.78, 5) is 12.8. The Kier molecular flexibility index (Phi) is 4.92. The summed E-state index contributed by atoms with van der Waals surface area (Å²) in [6.45, 7) is 4.53. The molecule has 1 aromatic rings. The van der Waals surface area contributed by atoms with Gasteiger partial charge < -0.3 is 4.74 Å². The van der Waals surface area contributed by atoms with E-state index in [2.05, 4.69) is 26.5 Å². The third-order valence-electron chi connectivity index (χ3n) is 4.13. The summed E-state index contributed by atoms with van der Waals surface area (Å²) >= 11 is 4.23. The molecule has 0 saturated heterocycles. The van der Waals surface area contributed by atoms with E-state index >= 15 is 0 Å². The molecular formula is C16H22O2S. The normalized spacial score (nSPS) is 27.0. The first-order valence-electron chi connectivity index (χ1n) is 7.02. The number of thiol groups is 1. The molecule has 3 unspecified atom stereocenters. The average molecular weight is 278 g/mol. The van der Waals surface area contributed by atoms with Crippen molar-refractivity contribution in [2.45, 2.75) is 50.5 Å². The van der Waals surface area contributed by atoms with Gasteiger partial charge in [-0.05, 0) is 48.8 Å². The first kappa shape index (κ1) is 14.4. The molecule has 2 rings (SSSR count). The highest BCUT2D eigenvalue weighted by Crippen LogP contribution is 2.31. The Hall–Kier alpha value is -0.960. The standard InChI is InChI=1S/C16H22O2S/c1-11-3-6-14(9-12(11)2)18-16(17)10-13-4-7-15(19)8-5-13/h4-5,7-8,11-12,14,19H,3,6,9-10H2,1-2H3. The lowest BCUT2D eigenvalue weighted by Gasteiger charge is -2.31. The molecule has 0 amide bonds. The SMILES string of the molecule is CC1CCC(OC(=O)Cc2ccc(S)cc2)CC1C. The minimum absolute atomic E-state index is 0.112. The quantitative estimate of drug-likeness (QED) is 0.670. The fourth-order valence-electron chi connectivity index (χ4n) is 2.61. The molecule has 3 atom stereocenters. The summed E-state index contributed by atoms with van der Waals surface area (Å²) in [5.41, 5.74) is 0.986. The molecule has 1 aliphatic rings. The summed E-state index contributed by atoms with van der Waals surface area (Å²) in [7, 11) is 0. The number of carbonyl (C=O) groups is 1. The van der Waals surface area contributed by atoms with Crippen LogP contribution in [0.5, 0.6) is 0 Å². The fourth-order valence-corrected chi connectivity index (χ4v) is 2.76. The van der Waals surface area contributed by atoms with Crippen LogP contribution in [-0.4, -0.2) is 12.1 Å². The lowest BCUT2D eigenvalue weighted by Crippen LogP contribution is -2.29. The Morgan fingerprint density at radius 1 is 1.21 bits per heavy atom. The van der Waals surface area contributed by atoms with Crippen molar-refractivity contribution >= 4 is 18.6 Å². The van der Waals surface area contributed by atoms with Crippen LogP contribution in [0.1, 0.15) is 38.7 Å². The topological polar surface area (TPSA) is 26.3 Å². The lowest BCUT2D eigenvalue weighted by atomic mass is 9.80. The summed E-state index contributed by atoms with van der Waals surface area (Å²) in [5.74, 6) is 1.28. The van der Waals surface area contributed by atoms with E-state index in [4.69, 9.17) is 4.74 Å². The largest absolute Gasteiger partial charge is 0.462 e. The van der Waals surface area contributed by atoms with Crippen molar-refractivity contribution in [1.29, 1.82) is 0 Å². The summed E-state index contributed by atoms with van der Waals surface area (Å²) in [5, 5.41) is 0. The van der Waals surface area contributed by atoms with Crippen LogP contribution in [0.15, 0.2) is 29.2 Å². The third kappa shape index (κ3) is 4.27. The Balaban J connectivity index is 1.83. The number of rotatable bonds is 3. The van der Waals surface area contributed by atoms with Crippen LogP contribution in [0, 0.1) is 11.8 Å². The highest BCUT2D eigenvalue weighted by Gasteiger charge is 2.26. The van der Waals surface area contributed by atoms with Gasteiger partial charge in [0.1, 0.15) is 6.10 Å². The summed E-state index contributed by atoms with van der Waals surface area (Å²) in [6, 6.07) is 7.65. The van der Waals surface area contributed by atoms with E-state index in [-0.39, 0.29) is 12.1 Å².